The number of halogens is 4. The lowest BCUT2D eigenvalue weighted by Gasteiger charge is -2.27. The van der Waals surface area contributed by atoms with Crippen LogP contribution in [0.25, 0.3) is 22.2 Å². The molecule has 7 nitrogen and oxygen atoms in total. The summed E-state index contributed by atoms with van der Waals surface area (Å²) >= 11 is 0. The number of rotatable bonds is 5. The van der Waals surface area contributed by atoms with Gasteiger partial charge < -0.3 is 19.1 Å². The van der Waals surface area contributed by atoms with E-state index in [0.29, 0.717) is 16.6 Å². The standard InChI is InChI=1S/C26H22F4N4O3/c27-21-15(14-12-31-24(32-13-14)26(30)7-9-36-10-8-26)5-6-17-22(21)34-18(11-19(35)23(34)33-17)16-3-1-2-4-20(16)37-25(28)29/h1-6,12-13,18-19,25,35H,7-11H2/t18-,19?/m1/s1. The molecule has 0 saturated carbocycles. The number of nitrogens with zero attached hydrogens (tertiary/aromatic N) is 4. The van der Waals surface area contributed by atoms with E-state index in [4.69, 9.17) is 9.47 Å². The summed E-state index contributed by atoms with van der Waals surface area (Å²) in [5, 5.41) is 10.7. The predicted molar refractivity (Wildman–Crippen MR) is 124 cm³/mol. The van der Waals surface area contributed by atoms with Crippen LogP contribution in [0.1, 0.15) is 48.6 Å². The molecule has 2 aromatic heterocycles. The lowest BCUT2D eigenvalue weighted by Crippen LogP contribution is -2.31. The number of ether oxygens (including phenoxy) is 2. The van der Waals surface area contributed by atoms with E-state index in [2.05, 4.69) is 15.0 Å². The molecule has 6 rings (SSSR count). The van der Waals surface area contributed by atoms with Crippen molar-refractivity contribution in [3.8, 4) is 16.9 Å². The Balaban J connectivity index is 1.43. The van der Waals surface area contributed by atoms with E-state index >= 15 is 8.78 Å². The Morgan fingerprint density at radius 1 is 1.08 bits per heavy atom. The fourth-order valence-corrected chi connectivity index (χ4v) is 5.20. The fraction of sp³-hybridized carbons (Fsp3) is 0.346. The zero-order valence-electron chi connectivity index (χ0n) is 19.5. The van der Waals surface area contributed by atoms with Crippen LogP contribution in [-0.2, 0) is 10.4 Å². The molecule has 4 heterocycles. The highest BCUT2D eigenvalue weighted by Crippen LogP contribution is 2.45. The highest BCUT2D eigenvalue weighted by Gasteiger charge is 2.38. The van der Waals surface area contributed by atoms with Crippen LogP contribution in [0.15, 0.2) is 48.8 Å². The number of aliphatic hydroxyl groups is 1. The summed E-state index contributed by atoms with van der Waals surface area (Å²) in [5.74, 6) is -0.434. The van der Waals surface area contributed by atoms with E-state index in [-0.39, 0.29) is 61.0 Å². The van der Waals surface area contributed by atoms with Gasteiger partial charge in [-0.15, -0.1) is 0 Å². The molecule has 0 amide bonds. The average Bonchev–Trinajstić information content (AvgIpc) is 3.43. The zero-order valence-corrected chi connectivity index (χ0v) is 19.5. The number of alkyl halides is 3. The molecule has 11 heteroatoms. The van der Waals surface area contributed by atoms with Gasteiger partial charge in [-0.2, -0.15) is 8.78 Å². The van der Waals surface area contributed by atoms with E-state index in [9.17, 15) is 13.9 Å². The molecule has 2 aliphatic heterocycles. The smallest absolute Gasteiger partial charge is 0.387 e. The van der Waals surface area contributed by atoms with Crippen molar-refractivity contribution in [1.29, 1.82) is 0 Å². The molecule has 4 aromatic rings. The third kappa shape index (κ3) is 4.02. The monoisotopic (exact) mass is 514 g/mol. The molecule has 0 spiro atoms. The zero-order chi connectivity index (χ0) is 25.7. The maximum absolute atomic E-state index is 16.1. The second kappa shape index (κ2) is 9.07. The Kier molecular flexibility index (Phi) is 5.84. The Hall–Kier alpha value is -3.57. The highest BCUT2D eigenvalue weighted by atomic mass is 19.3. The van der Waals surface area contributed by atoms with Crippen molar-refractivity contribution in [2.45, 2.75) is 43.7 Å². The van der Waals surface area contributed by atoms with Crippen molar-refractivity contribution in [2.75, 3.05) is 13.2 Å². The predicted octanol–water partition coefficient (Wildman–Crippen LogP) is 5.24. The fourth-order valence-electron chi connectivity index (χ4n) is 5.20. The molecular formula is C26H22F4N4O3. The molecule has 1 fully saturated rings. The topological polar surface area (TPSA) is 82.3 Å². The number of para-hydroxylation sites is 1. The lowest BCUT2D eigenvalue weighted by atomic mass is 9.95. The average molecular weight is 514 g/mol. The first-order chi connectivity index (χ1) is 17.9. The van der Waals surface area contributed by atoms with Gasteiger partial charge in [-0.25, -0.2) is 23.7 Å². The number of imidazole rings is 1. The van der Waals surface area contributed by atoms with Crippen LogP contribution in [0, 0.1) is 5.82 Å². The van der Waals surface area contributed by atoms with Crippen LogP contribution >= 0.6 is 0 Å². The number of aliphatic hydroxyl groups excluding tert-OH is 1. The summed E-state index contributed by atoms with van der Waals surface area (Å²) in [5.41, 5.74) is -0.402. The molecule has 0 radical (unpaired) electrons. The van der Waals surface area contributed by atoms with Crippen LogP contribution in [-0.4, -0.2) is 44.5 Å². The van der Waals surface area contributed by atoms with Crippen LogP contribution in [0.5, 0.6) is 5.75 Å². The van der Waals surface area contributed by atoms with Gasteiger partial charge in [0.15, 0.2) is 17.3 Å². The molecular weight excluding hydrogens is 492 g/mol. The summed E-state index contributed by atoms with van der Waals surface area (Å²) in [7, 11) is 0. The third-order valence-electron chi connectivity index (χ3n) is 7.02. The van der Waals surface area contributed by atoms with Crippen LogP contribution in [0.3, 0.4) is 0 Å². The van der Waals surface area contributed by atoms with Crippen molar-refractivity contribution in [3.63, 3.8) is 0 Å². The van der Waals surface area contributed by atoms with Crippen molar-refractivity contribution in [3.05, 3.63) is 71.8 Å². The van der Waals surface area contributed by atoms with Crippen molar-refractivity contribution >= 4 is 11.0 Å². The van der Waals surface area contributed by atoms with Crippen LogP contribution < -0.4 is 4.74 Å². The minimum absolute atomic E-state index is 0.0325. The van der Waals surface area contributed by atoms with Gasteiger partial charge >= 0.3 is 6.61 Å². The molecule has 1 N–H and O–H groups in total. The second-order valence-corrected chi connectivity index (χ2v) is 9.19. The summed E-state index contributed by atoms with van der Waals surface area (Å²) < 4.78 is 68.8. The minimum Gasteiger partial charge on any atom is -0.434 e. The maximum Gasteiger partial charge on any atom is 0.387 e. The molecule has 192 valence electrons. The molecule has 1 saturated heterocycles. The van der Waals surface area contributed by atoms with Gasteiger partial charge in [-0.3, -0.25) is 0 Å². The van der Waals surface area contributed by atoms with Gasteiger partial charge in [0, 0.05) is 48.3 Å². The molecule has 37 heavy (non-hydrogen) atoms. The molecule has 0 aliphatic carbocycles. The van der Waals surface area contributed by atoms with E-state index in [1.165, 1.54) is 29.1 Å². The molecule has 2 aromatic carbocycles. The van der Waals surface area contributed by atoms with Crippen LogP contribution in [0.2, 0.25) is 0 Å². The molecule has 2 aliphatic rings. The summed E-state index contributed by atoms with van der Waals surface area (Å²) in [4.78, 5) is 12.8. The molecule has 0 bridgehead atoms. The minimum atomic E-state index is -3.04. The quantitative estimate of drug-likeness (QED) is 0.367. The Labute approximate surface area is 208 Å². The second-order valence-electron chi connectivity index (χ2n) is 9.19. The van der Waals surface area contributed by atoms with E-state index in [1.54, 1.807) is 24.3 Å². The molecule has 2 atom stereocenters. The summed E-state index contributed by atoms with van der Waals surface area (Å²) in [6.07, 6.45) is 2.14. The number of fused-ring (bicyclic) bond motifs is 3. The maximum atomic E-state index is 16.1. The van der Waals surface area contributed by atoms with Gasteiger partial charge in [0.25, 0.3) is 0 Å². The van der Waals surface area contributed by atoms with Gasteiger partial charge in [-0.05, 0) is 18.2 Å². The summed E-state index contributed by atoms with van der Waals surface area (Å²) in [6, 6.07) is 8.67. The Bertz CT molecular complexity index is 1450. The SMILES string of the molecule is OC1C[C@H](c2ccccc2OC(F)F)n2c1nc1ccc(-c3cnc(C4(F)CCOCC4)nc3)c(F)c12. The highest BCUT2D eigenvalue weighted by molar-refractivity contribution is 5.84. The number of hydrogen-bond acceptors (Lipinski definition) is 6. The summed E-state index contributed by atoms with van der Waals surface area (Å²) in [6.45, 7) is -2.49. The number of hydrogen-bond donors (Lipinski definition) is 1. The van der Waals surface area contributed by atoms with Gasteiger partial charge in [0.05, 0.1) is 24.8 Å². The first kappa shape index (κ1) is 23.8. The lowest BCUT2D eigenvalue weighted by molar-refractivity contribution is -0.0507. The Morgan fingerprint density at radius 2 is 1.81 bits per heavy atom. The van der Waals surface area contributed by atoms with E-state index in [0.717, 1.165) is 0 Å². The molecule has 1 unspecified atom stereocenters. The van der Waals surface area contributed by atoms with E-state index < -0.39 is 30.2 Å². The Morgan fingerprint density at radius 3 is 2.54 bits per heavy atom. The van der Waals surface area contributed by atoms with Crippen molar-refractivity contribution < 1.29 is 32.1 Å². The van der Waals surface area contributed by atoms with Gasteiger partial charge in [-0.1, -0.05) is 18.2 Å². The first-order valence-electron chi connectivity index (χ1n) is 11.9. The van der Waals surface area contributed by atoms with Crippen LogP contribution in [0.4, 0.5) is 17.6 Å². The normalized spacial score (nSPS) is 20.9. The van der Waals surface area contributed by atoms with E-state index in [1.807, 2.05) is 0 Å². The van der Waals surface area contributed by atoms with Crippen molar-refractivity contribution in [1.82, 2.24) is 19.5 Å². The first-order valence-corrected chi connectivity index (χ1v) is 11.9. The largest absolute Gasteiger partial charge is 0.434 e. The van der Waals surface area contributed by atoms with Gasteiger partial charge in [0.2, 0.25) is 0 Å². The van der Waals surface area contributed by atoms with Crippen molar-refractivity contribution in [2.24, 2.45) is 0 Å². The number of benzene rings is 2. The number of aromatic nitrogens is 4. The van der Waals surface area contributed by atoms with Gasteiger partial charge in [0.1, 0.15) is 23.2 Å². The third-order valence-corrected chi connectivity index (χ3v) is 7.02.